The van der Waals surface area contributed by atoms with E-state index >= 15 is 0 Å². The topological polar surface area (TPSA) is 263 Å². The molecule has 5 atom stereocenters. The van der Waals surface area contributed by atoms with Gasteiger partial charge in [-0.1, -0.05) is 25.5 Å². The van der Waals surface area contributed by atoms with Crippen LogP contribution in [0.15, 0.2) is 24.3 Å². The molecule has 2 heterocycles. The summed E-state index contributed by atoms with van der Waals surface area (Å²) in [5.41, 5.74) is 12.0. The second-order valence-electron chi connectivity index (χ2n) is 11.4. The summed E-state index contributed by atoms with van der Waals surface area (Å²) in [6.07, 6.45) is -0.0157. The van der Waals surface area contributed by atoms with Gasteiger partial charge in [0.1, 0.15) is 35.2 Å². The van der Waals surface area contributed by atoms with Gasteiger partial charge in [0, 0.05) is 31.4 Å². The molecule has 0 spiro atoms. The molecular weight excluding hydrogens is 634 g/mol. The first kappa shape index (κ1) is 36.8. The summed E-state index contributed by atoms with van der Waals surface area (Å²) in [6, 6.07) is 1.33. The summed E-state index contributed by atoms with van der Waals surface area (Å²) in [5, 5.41) is 28.9. The highest BCUT2D eigenvalue weighted by Crippen LogP contribution is 2.19. The quantitative estimate of drug-likeness (QED) is 0.143. The Morgan fingerprint density at radius 2 is 1.55 bits per heavy atom. The van der Waals surface area contributed by atoms with E-state index in [1.807, 2.05) is 0 Å². The molecule has 2 aliphatic heterocycles. The van der Waals surface area contributed by atoms with Gasteiger partial charge in [0.2, 0.25) is 29.5 Å². The van der Waals surface area contributed by atoms with Crippen molar-refractivity contribution >= 4 is 59.0 Å². The molecule has 0 aliphatic carbocycles. The fourth-order valence-electron chi connectivity index (χ4n) is 5.19. The Bertz CT molecular complexity index is 1400. The second-order valence-corrected chi connectivity index (χ2v) is 12.7. The third kappa shape index (κ3) is 11.0. The maximum atomic E-state index is 13.6. The third-order valence-corrected chi connectivity index (χ3v) is 9.01. The predicted octanol–water partition coefficient (Wildman–Crippen LogP) is -1.78. The van der Waals surface area contributed by atoms with Gasteiger partial charge in [-0.15, -0.1) is 11.8 Å². The highest BCUT2D eigenvalue weighted by molar-refractivity contribution is 8.00. The molecule has 256 valence electrons. The van der Waals surface area contributed by atoms with Crippen molar-refractivity contribution in [2.75, 3.05) is 12.3 Å². The normalized spacial score (nSPS) is 25.3. The summed E-state index contributed by atoms with van der Waals surface area (Å²) in [5.74, 6) is -4.93. The third-order valence-electron chi connectivity index (χ3n) is 7.73. The van der Waals surface area contributed by atoms with E-state index in [1.165, 1.54) is 16.7 Å². The van der Waals surface area contributed by atoms with Crippen molar-refractivity contribution < 1.29 is 48.4 Å². The van der Waals surface area contributed by atoms with Gasteiger partial charge in [-0.25, -0.2) is 4.79 Å². The van der Waals surface area contributed by atoms with Gasteiger partial charge < -0.3 is 37.2 Å². The van der Waals surface area contributed by atoms with Crippen LogP contribution in [0.5, 0.6) is 5.75 Å². The molecule has 2 bridgehead atoms. The number of aliphatic carboxylic acids is 1. The summed E-state index contributed by atoms with van der Waals surface area (Å²) in [6.45, 7) is 1.73. The van der Waals surface area contributed by atoms with Crippen LogP contribution in [0.2, 0.25) is 0 Å². The number of amidine groups is 1. The zero-order valence-electron chi connectivity index (χ0n) is 26.0. The number of hydrogen-bond acceptors (Lipinski definition) is 10. The van der Waals surface area contributed by atoms with Crippen molar-refractivity contribution in [2.24, 2.45) is 11.5 Å². The minimum absolute atomic E-state index is 0.00325. The van der Waals surface area contributed by atoms with E-state index in [0.717, 1.165) is 11.8 Å². The number of carbonyl (C=O) groups is 7. The molecular formula is C30H42N7O9S+. The molecule has 3 rings (SSSR count). The fraction of sp³-hybridized carbons (Fsp3) is 0.533. The van der Waals surface area contributed by atoms with Crippen LogP contribution in [0.4, 0.5) is 0 Å². The number of benzene rings is 1. The van der Waals surface area contributed by atoms with Crippen LogP contribution in [0.25, 0.3) is 0 Å². The lowest BCUT2D eigenvalue weighted by Crippen LogP contribution is -2.58. The number of hydrogen-bond donors (Lipinski definition) is 8. The molecule has 1 saturated heterocycles. The Labute approximate surface area is 275 Å². The number of carboxylic acid groups (broad SMARTS) is 1. The van der Waals surface area contributed by atoms with Crippen molar-refractivity contribution in [3.05, 3.63) is 29.8 Å². The van der Waals surface area contributed by atoms with E-state index in [0.29, 0.717) is 12.0 Å². The average Bonchev–Trinajstić information content (AvgIpc) is 3.27. The first-order chi connectivity index (χ1) is 22.3. The van der Waals surface area contributed by atoms with Gasteiger partial charge in [-0.2, -0.15) is 4.58 Å². The number of primary amides is 1. The van der Waals surface area contributed by atoms with Crippen molar-refractivity contribution in [3.8, 4) is 5.75 Å². The Balaban J connectivity index is 1.93. The van der Waals surface area contributed by atoms with E-state index in [-0.39, 0.29) is 68.8 Å². The number of nitrogens with zero attached hydrogens (tertiary/aromatic N) is 1. The lowest BCUT2D eigenvalue weighted by atomic mass is 10.0. The van der Waals surface area contributed by atoms with Gasteiger partial charge in [0.05, 0.1) is 13.0 Å². The largest absolute Gasteiger partial charge is 0.508 e. The smallest absolute Gasteiger partial charge is 0.332 e. The molecule has 1 aromatic rings. The van der Waals surface area contributed by atoms with Crippen LogP contribution in [-0.2, 0) is 40.0 Å². The molecule has 5 unspecified atom stereocenters. The van der Waals surface area contributed by atoms with E-state index in [4.69, 9.17) is 11.5 Å². The van der Waals surface area contributed by atoms with Crippen LogP contribution >= 0.6 is 11.8 Å². The SMILES string of the molecule is CCCC1NC(=O)C(Cc2ccc(O)cc2)NC(=O)CCSC(C(=O)O)CC[N+]2=C(N)CC(NC(=O)C(CCC(N)=O)NC1=O)C2=O. The molecule has 16 nitrogen and oxygen atoms in total. The number of carbonyl (C=O) groups excluding carboxylic acids is 6. The molecule has 2 aliphatic rings. The molecule has 0 radical (unpaired) electrons. The van der Waals surface area contributed by atoms with Crippen LogP contribution in [0.1, 0.15) is 57.4 Å². The number of phenolic OH excluding ortho intramolecular Hbond substituents is 1. The number of rotatable bonds is 8. The molecule has 1 fully saturated rings. The van der Waals surface area contributed by atoms with Gasteiger partial charge in [0.25, 0.3) is 5.84 Å². The molecule has 10 N–H and O–H groups in total. The Morgan fingerprint density at radius 1 is 0.936 bits per heavy atom. The van der Waals surface area contributed by atoms with Gasteiger partial charge in [-0.05, 0) is 30.5 Å². The number of thioether (sulfide) groups is 1. The van der Waals surface area contributed by atoms with Crippen LogP contribution in [-0.4, -0.2) is 104 Å². The lowest BCUT2D eigenvalue weighted by Gasteiger charge is -2.26. The van der Waals surface area contributed by atoms with E-state index in [2.05, 4.69) is 21.3 Å². The Hall–Kier alpha value is -4.67. The number of carboxylic acids is 1. The monoisotopic (exact) mass is 676 g/mol. The fourth-order valence-corrected chi connectivity index (χ4v) is 6.20. The highest BCUT2D eigenvalue weighted by Gasteiger charge is 2.40. The summed E-state index contributed by atoms with van der Waals surface area (Å²) in [4.78, 5) is 90.0. The first-order valence-electron chi connectivity index (χ1n) is 15.3. The first-order valence-corrected chi connectivity index (χ1v) is 16.4. The maximum absolute atomic E-state index is 13.6. The van der Waals surface area contributed by atoms with E-state index in [9.17, 15) is 43.8 Å². The lowest BCUT2D eigenvalue weighted by molar-refractivity contribution is -0.445. The number of nitrogens with one attached hydrogen (secondary N) is 4. The highest BCUT2D eigenvalue weighted by atomic mass is 32.2. The molecule has 47 heavy (non-hydrogen) atoms. The number of amides is 6. The van der Waals surface area contributed by atoms with E-state index < -0.39 is 70.8 Å². The molecule has 0 aromatic heterocycles. The van der Waals surface area contributed by atoms with Crippen molar-refractivity contribution in [1.82, 2.24) is 21.3 Å². The minimum atomic E-state index is -1.31. The number of phenols is 1. The number of fused-ring (bicyclic) bond motifs is 2. The van der Waals surface area contributed by atoms with Crippen LogP contribution < -0.4 is 32.7 Å². The summed E-state index contributed by atoms with van der Waals surface area (Å²) < 4.78 is 1.20. The predicted molar refractivity (Wildman–Crippen MR) is 170 cm³/mol. The number of aromatic hydroxyl groups is 1. The minimum Gasteiger partial charge on any atom is -0.508 e. The zero-order chi connectivity index (χ0) is 34.7. The van der Waals surface area contributed by atoms with Crippen molar-refractivity contribution in [1.29, 1.82) is 0 Å². The second kappa shape index (κ2) is 17.3. The number of nitrogens with two attached hydrogens (primary N) is 2. The zero-order valence-corrected chi connectivity index (χ0v) is 26.8. The maximum Gasteiger partial charge on any atom is 0.332 e. The summed E-state index contributed by atoms with van der Waals surface area (Å²) >= 11 is 0.998. The van der Waals surface area contributed by atoms with Crippen molar-refractivity contribution in [3.63, 3.8) is 0 Å². The van der Waals surface area contributed by atoms with Crippen LogP contribution in [0.3, 0.4) is 0 Å². The molecule has 1 aromatic carbocycles. The van der Waals surface area contributed by atoms with Crippen LogP contribution in [0, 0.1) is 0 Å². The Morgan fingerprint density at radius 3 is 2.17 bits per heavy atom. The molecule has 17 heteroatoms. The average molecular weight is 677 g/mol. The standard InChI is InChI=1S/C30H41N7O9S/c1-2-3-18-26(41)35-19(8-9-24(32)39)27(42)36-21-15-23(31)37(29(21)44)12-10-22(30(45)46)47-13-11-25(40)33-20(28(43)34-18)14-16-4-6-17(38)7-5-16/h4-7,18-22,31H,2-3,8-15H2,1H3,(H8,32,33,34,35,36,38,39,40,41,42,43,45,46)/p+1. The molecule has 6 amide bonds. The van der Waals surface area contributed by atoms with Gasteiger partial charge >= 0.3 is 11.9 Å². The summed E-state index contributed by atoms with van der Waals surface area (Å²) in [7, 11) is 0. The van der Waals surface area contributed by atoms with Gasteiger partial charge in [-0.3, -0.25) is 34.5 Å². The van der Waals surface area contributed by atoms with Gasteiger partial charge in [0.15, 0.2) is 0 Å². The molecule has 0 saturated carbocycles. The Kier molecular flexibility index (Phi) is 13.5. The van der Waals surface area contributed by atoms with Crippen molar-refractivity contribution in [2.45, 2.75) is 87.7 Å². The van der Waals surface area contributed by atoms with E-state index in [1.54, 1.807) is 19.1 Å².